The van der Waals surface area contributed by atoms with Crippen LogP contribution < -0.4 is 10.1 Å². The normalized spacial score (nSPS) is 20.5. The van der Waals surface area contributed by atoms with E-state index in [2.05, 4.69) is 19.2 Å². The molecule has 0 spiro atoms. The number of likely N-dealkylation sites (tertiary alicyclic amines) is 1. The number of benzene rings is 1. The van der Waals surface area contributed by atoms with Crippen molar-refractivity contribution in [1.82, 2.24) is 4.90 Å². The molecule has 1 heterocycles. The number of carbonyl (C=O) groups is 1. The van der Waals surface area contributed by atoms with Crippen LogP contribution in [0.25, 0.3) is 0 Å². The minimum Gasteiger partial charge on any atom is -0.494 e. The summed E-state index contributed by atoms with van der Waals surface area (Å²) in [6.45, 7) is 5.33. The van der Waals surface area contributed by atoms with E-state index < -0.39 is 0 Å². The highest BCUT2D eigenvalue weighted by Gasteiger charge is 2.34. The van der Waals surface area contributed by atoms with Gasteiger partial charge in [-0.1, -0.05) is 19.9 Å². The first kappa shape index (κ1) is 18.5. The second kappa shape index (κ2) is 8.89. The highest BCUT2D eigenvalue weighted by molar-refractivity contribution is 5.90. The molecule has 1 saturated heterocycles. The van der Waals surface area contributed by atoms with Gasteiger partial charge in [0.1, 0.15) is 5.75 Å². The van der Waals surface area contributed by atoms with Gasteiger partial charge < -0.3 is 25.2 Å². The fourth-order valence-electron chi connectivity index (χ4n) is 2.84. The number of ether oxygens (including phenoxy) is 1. The summed E-state index contributed by atoms with van der Waals surface area (Å²) in [5.41, 5.74) is 0.659. The summed E-state index contributed by atoms with van der Waals surface area (Å²) in [5, 5.41) is 21.5. The van der Waals surface area contributed by atoms with Gasteiger partial charge in [-0.05, 0) is 30.9 Å². The van der Waals surface area contributed by atoms with Gasteiger partial charge in [-0.25, -0.2) is 4.79 Å². The molecule has 1 fully saturated rings. The molecule has 24 heavy (non-hydrogen) atoms. The van der Waals surface area contributed by atoms with E-state index in [0.717, 1.165) is 12.2 Å². The van der Waals surface area contributed by atoms with E-state index in [4.69, 9.17) is 4.74 Å². The predicted molar refractivity (Wildman–Crippen MR) is 93.2 cm³/mol. The average molecular weight is 336 g/mol. The second-order valence-corrected chi connectivity index (χ2v) is 6.76. The van der Waals surface area contributed by atoms with Crippen LogP contribution in [0.5, 0.6) is 5.75 Å². The van der Waals surface area contributed by atoms with E-state index in [1.54, 1.807) is 17.0 Å². The number of aliphatic hydroxyl groups is 2. The first-order valence-electron chi connectivity index (χ1n) is 8.55. The molecule has 1 aliphatic rings. The topological polar surface area (TPSA) is 82.0 Å². The number of anilines is 1. The van der Waals surface area contributed by atoms with Crippen molar-refractivity contribution in [2.24, 2.45) is 11.8 Å². The van der Waals surface area contributed by atoms with Crippen molar-refractivity contribution in [3.8, 4) is 5.75 Å². The standard InChI is InChI=1S/C18H28N2O4/c1-13(2)6-7-24-17-5-3-4-15(9-17)19-18(23)20-10-14(11-21)8-16(20)12-22/h3-5,9,13-14,16,21-22H,6-8,10-12H2,1-2H3,(H,19,23). The molecule has 0 radical (unpaired) electrons. The number of hydrogen-bond donors (Lipinski definition) is 3. The smallest absolute Gasteiger partial charge is 0.322 e. The minimum atomic E-state index is -0.260. The Morgan fingerprint density at radius 3 is 2.83 bits per heavy atom. The average Bonchev–Trinajstić information content (AvgIpc) is 2.98. The highest BCUT2D eigenvalue weighted by atomic mass is 16.5. The minimum absolute atomic E-state index is 0.0265. The fraction of sp³-hybridized carbons (Fsp3) is 0.611. The number of amides is 2. The van der Waals surface area contributed by atoms with Crippen LogP contribution >= 0.6 is 0 Å². The van der Waals surface area contributed by atoms with Crippen LogP contribution in [0.2, 0.25) is 0 Å². The molecular weight excluding hydrogens is 308 g/mol. The van der Waals surface area contributed by atoms with Gasteiger partial charge in [0.2, 0.25) is 0 Å². The summed E-state index contributed by atoms with van der Waals surface area (Å²) in [6.07, 6.45) is 1.60. The summed E-state index contributed by atoms with van der Waals surface area (Å²) >= 11 is 0. The predicted octanol–water partition coefficient (Wildman–Crippen LogP) is 2.32. The van der Waals surface area contributed by atoms with Crippen LogP contribution in [0.3, 0.4) is 0 Å². The first-order valence-corrected chi connectivity index (χ1v) is 8.55. The van der Waals surface area contributed by atoms with Crippen molar-refractivity contribution >= 4 is 11.7 Å². The van der Waals surface area contributed by atoms with Crippen LogP contribution in [0.1, 0.15) is 26.7 Å². The lowest BCUT2D eigenvalue weighted by molar-refractivity contribution is 0.166. The van der Waals surface area contributed by atoms with Crippen molar-refractivity contribution in [2.45, 2.75) is 32.7 Å². The Bertz CT molecular complexity index is 536. The Labute approximate surface area is 143 Å². The maximum Gasteiger partial charge on any atom is 0.322 e. The van der Waals surface area contributed by atoms with E-state index in [1.165, 1.54) is 0 Å². The molecule has 2 amide bonds. The molecule has 0 aromatic heterocycles. The maximum absolute atomic E-state index is 12.4. The van der Waals surface area contributed by atoms with Crippen LogP contribution in [-0.4, -0.2) is 53.6 Å². The Morgan fingerprint density at radius 2 is 2.17 bits per heavy atom. The van der Waals surface area contributed by atoms with Gasteiger partial charge in [0, 0.05) is 30.8 Å². The van der Waals surface area contributed by atoms with Crippen LogP contribution in [0.15, 0.2) is 24.3 Å². The molecule has 0 saturated carbocycles. The summed E-state index contributed by atoms with van der Waals surface area (Å²) in [5.74, 6) is 1.33. The molecule has 134 valence electrons. The van der Waals surface area contributed by atoms with E-state index in [1.807, 2.05) is 12.1 Å². The molecule has 2 atom stereocenters. The first-order chi connectivity index (χ1) is 11.5. The number of nitrogens with zero attached hydrogens (tertiary/aromatic N) is 1. The van der Waals surface area contributed by atoms with Gasteiger partial charge >= 0.3 is 6.03 Å². The van der Waals surface area contributed by atoms with E-state index in [9.17, 15) is 15.0 Å². The zero-order valence-corrected chi connectivity index (χ0v) is 14.4. The van der Waals surface area contributed by atoms with Crippen molar-refractivity contribution < 1.29 is 19.7 Å². The number of rotatable bonds is 7. The summed E-state index contributed by atoms with van der Waals surface area (Å²) in [6, 6.07) is 6.80. The molecule has 0 aliphatic carbocycles. The third-order valence-electron chi connectivity index (χ3n) is 4.28. The maximum atomic E-state index is 12.4. The fourth-order valence-corrected chi connectivity index (χ4v) is 2.84. The quantitative estimate of drug-likeness (QED) is 0.714. The Hall–Kier alpha value is -1.79. The molecule has 3 N–H and O–H groups in total. The van der Waals surface area contributed by atoms with Crippen molar-refractivity contribution in [2.75, 3.05) is 31.7 Å². The van der Waals surface area contributed by atoms with E-state index >= 15 is 0 Å². The number of carbonyl (C=O) groups excluding carboxylic acids is 1. The molecule has 2 unspecified atom stereocenters. The van der Waals surface area contributed by atoms with Gasteiger partial charge in [0.15, 0.2) is 0 Å². The zero-order chi connectivity index (χ0) is 17.5. The third kappa shape index (κ3) is 5.11. The molecule has 0 bridgehead atoms. The lowest BCUT2D eigenvalue weighted by atomic mass is 10.1. The van der Waals surface area contributed by atoms with Gasteiger partial charge in [-0.3, -0.25) is 0 Å². The highest BCUT2D eigenvalue weighted by Crippen LogP contribution is 2.24. The van der Waals surface area contributed by atoms with Gasteiger partial charge in [-0.2, -0.15) is 0 Å². The zero-order valence-electron chi connectivity index (χ0n) is 14.4. The lowest BCUT2D eigenvalue weighted by Gasteiger charge is -2.23. The van der Waals surface area contributed by atoms with Gasteiger partial charge in [0.05, 0.1) is 19.3 Å². The molecule has 1 aliphatic heterocycles. The number of hydrogen-bond acceptors (Lipinski definition) is 4. The van der Waals surface area contributed by atoms with Crippen LogP contribution in [0.4, 0.5) is 10.5 Å². The number of nitrogens with one attached hydrogen (secondary N) is 1. The largest absolute Gasteiger partial charge is 0.494 e. The molecule has 6 nitrogen and oxygen atoms in total. The summed E-state index contributed by atoms with van der Waals surface area (Å²) in [4.78, 5) is 14.0. The van der Waals surface area contributed by atoms with Gasteiger partial charge in [0.25, 0.3) is 0 Å². The Morgan fingerprint density at radius 1 is 1.38 bits per heavy atom. The number of urea groups is 1. The molecular formula is C18H28N2O4. The third-order valence-corrected chi connectivity index (χ3v) is 4.28. The number of aliphatic hydroxyl groups excluding tert-OH is 2. The molecule has 1 aromatic carbocycles. The molecule has 2 rings (SSSR count). The van der Waals surface area contributed by atoms with E-state index in [-0.39, 0.29) is 31.2 Å². The summed E-state index contributed by atoms with van der Waals surface area (Å²) < 4.78 is 5.70. The van der Waals surface area contributed by atoms with Crippen molar-refractivity contribution in [1.29, 1.82) is 0 Å². The second-order valence-electron chi connectivity index (χ2n) is 6.76. The van der Waals surface area contributed by atoms with Crippen LogP contribution in [-0.2, 0) is 0 Å². The Balaban J connectivity index is 1.93. The van der Waals surface area contributed by atoms with Crippen molar-refractivity contribution in [3.05, 3.63) is 24.3 Å². The van der Waals surface area contributed by atoms with Crippen molar-refractivity contribution in [3.63, 3.8) is 0 Å². The van der Waals surface area contributed by atoms with Crippen LogP contribution in [0, 0.1) is 11.8 Å². The van der Waals surface area contributed by atoms with E-state index in [0.29, 0.717) is 31.2 Å². The lowest BCUT2D eigenvalue weighted by Crippen LogP contribution is -2.40. The Kier molecular flexibility index (Phi) is 6.87. The molecule has 6 heteroatoms. The SMILES string of the molecule is CC(C)CCOc1cccc(NC(=O)N2CC(CO)CC2CO)c1. The summed E-state index contributed by atoms with van der Waals surface area (Å²) in [7, 11) is 0. The monoisotopic (exact) mass is 336 g/mol. The van der Waals surface area contributed by atoms with Gasteiger partial charge in [-0.15, -0.1) is 0 Å². The molecule has 1 aromatic rings.